The molecule has 2 aromatic carbocycles. The monoisotopic (exact) mass is 306 g/mol. The van der Waals surface area contributed by atoms with Crippen molar-refractivity contribution in [1.82, 2.24) is 0 Å². The van der Waals surface area contributed by atoms with Gasteiger partial charge in [0.15, 0.2) is 0 Å². The third-order valence-electron chi connectivity index (χ3n) is 3.55. The Balaban J connectivity index is 2.00. The molecule has 2 rings (SSSR count). The quantitative estimate of drug-likeness (QED) is 0.630. The summed E-state index contributed by atoms with van der Waals surface area (Å²) in [7, 11) is 0. The van der Waals surface area contributed by atoms with Crippen molar-refractivity contribution in [2.24, 2.45) is 0 Å². The van der Waals surface area contributed by atoms with Crippen LogP contribution in [0.5, 0.6) is 0 Å². The predicted molar refractivity (Wildman–Crippen MR) is 90.6 cm³/mol. The van der Waals surface area contributed by atoms with Crippen LogP contribution in [0.3, 0.4) is 0 Å². The number of hydrogen-bond acceptors (Lipinski definition) is 3. The summed E-state index contributed by atoms with van der Waals surface area (Å²) in [6.45, 7) is 0. The molecule has 0 radical (unpaired) electrons. The van der Waals surface area contributed by atoms with E-state index in [0.717, 1.165) is 29.7 Å². The standard InChI is InChI=1S/C19H18N2O2/c20-13-16-6-4-15(5-7-16)12-17(19(22)23)3-1-2-14-8-10-18(21)11-9-14/h4-12H,1-3,21H2,(H,22,23). The van der Waals surface area contributed by atoms with Gasteiger partial charge in [0.2, 0.25) is 0 Å². The third-order valence-corrected chi connectivity index (χ3v) is 3.55. The predicted octanol–water partition coefficient (Wildman–Crippen LogP) is 3.63. The Morgan fingerprint density at radius 3 is 2.35 bits per heavy atom. The summed E-state index contributed by atoms with van der Waals surface area (Å²) >= 11 is 0. The van der Waals surface area contributed by atoms with E-state index in [0.29, 0.717) is 17.6 Å². The van der Waals surface area contributed by atoms with Crippen LogP contribution in [0.25, 0.3) is 6.08 Å². The molecule has 0 fully saturated rings. The van der Waals surface area contributed by atoms with E-state index in [-0.39, 0.29) is 0 Å². The highest BCUT2D eigenvalue weighted by Crippen LogP contribution is 2.16. The van der Waals surface area contributed by atoms with Gasteiger partial charge in [0.05, 0.1) is 11.6 Å². The molecule has 4 heteroatoms. The zero-order valence-electron chi connectivity index (χ0n) is 12.7. The van der Waals surface area contributed by atoms with Crippen molar-refractivity contribution < 1.29 is 9.90 Å². The van der Waals surface area contributed by atoms with Crippen LogP contribution in [0.1, 0.15) is 29.5 Å². The molecule has 2 aromatic rings. The summed E-state index contributed by atoms with van der Waals surface area (Å²) in [4.78, 5) is 11.4. The molecular formula is C19H18N2O2. The average molecular weight is 306 g/mol. The first-order valence-corrected chi connectivity index (χ1v) is 7.37. The lowest BCUT2D eigenvalue weighted by Gasteiger charge is -2.04. The second kappa shape index (κ2) is 7.81. The molecule has 0 bridgehead atoms. The molecule has 0 unspecified atom stereocenters. The van der Waals surface area contributed by atoms with E-state index < -0.39 is 5.97 Å². The van der Waals surface area contributed by atoms with Gasteiger partial charge < -0.3 is 10.8 Å². The lowest BCUT2D eigenvalue weighted by Crippen LogP contribution is -2.01. The fraction of sp³-hybridized carbons (Fsp3) is 0.158. The number of carboxylic acid groups (broad SMARTS) is 1. The van der Waals surface area contributed by atoms with E-state index >= 15 is 0 Å². The van der Waals surface area contributed by atoms with E-state index in [1.807, 2.05) is 30.3 Å². The second-order valence-corrected chi connectivity index (χ2v) is 5.30. The minimum atomic E-state index is -0.910. The van der Waals surface area contributed by atoms with Gasteiger partial charge in [-0.3, -0.25) is 0 Å². The number of aryl methyl sites for hydroxylation is 1. The lowest BCUT2D eigenvalue weighted by molar-refractivity contribution is -0.132. The lowest BCUT2D eigenvalue weighted by atomic mass is 10.0. The molecule has 0 aliphatic heterocycles. The largest absolute Gasteiger partial charge is 0.478 e. The minimum absolute atomic E-state index is 0.366. The number of aliphatic carboxylic acids is 1. The normalized spacial score (nSPS) is 11.0. The molecule has 23 heavy (non-hydrogen) atoms. The van der Waals surface area contributed by atoms with Crippen molar-refractivity contribution in [3.8, 4) is 6.07 Å². The van der Waals surface area contributed by atoms with Crippen LogP contribution >= 0.6 is 0 Å². The van der Waals surface area contributed by atoms with E-state index in [4.69, 9.17) is 11.0 Å². The molecule has 0 spiro atoms. The molecule has 0 amide bonds. The highest BCUT2D eigenvalue weighted by molar-refractivity contribution is 5.92. The van der Waals surface area contributed by atoms with Crippen LogP contribution in [0.2, 0.25) is 0 Å². The van der Waals surface area contributed by atoms with Crippen molar-refractivity contribution in [1.29, 1.82) is 5.26 Å². The number of benzene rings is 2. The summed E-state index contributed by atoms with van der Waals surface area (Å²) in [5, 5.41) is 18.1. The fourth-order valence-corrected chi connectivity index (χ4v) is 2.26. The van der Waals surface area contributed by atoms with Crippen molar-refractivity contribution >= 4 is 17.7 Å². The van der Waals surface area contributed by atoms with Crippen LogP contribution in [0, 0.1) is 11.3 Å². The number of nitrogen functional groups attached to an aromatic ring is 1. The highest BCUT2D eigenvalue weighted by atomic mass is 16.4. The molecule has 116 valence electrons. The maximum Gasteiger partial charge on any atom is 0.331 e. The van der Waals surface area contributed by atoms with Crippen molar-refractivity contribution in [3.05, 3.63) is 70.8 Å². The Morgan fingerprint density at radius 2 is 1.78 bits per heavy atom. The first kappa shape index (κ1) is 16.3. The van der Waals surface area contributed by atoms with E-state index in [1.165, 1.54) is 0 Å². The Hall–Kier alpha value is -3.06. The first-order chi connectivity index (χ1) is 11.1. The van der Waals surface area contributed by atoms with Gasteiger partial charge in [-0.1, -0.05) is 24.3 Å². The Kier molecular flexibility index (Phi) is 5.54. The molecule has 0 heterocycles. The maximum absolute atomic E-state index is 11.4. The number of nitrogens with zero attached hydrogens (tertiary/aromatic N) is 1. The van der Waals surface area contributed by atoms with Gasteiger partial charge in [-0.15, -0.1) is 0 Å². The van der Waals surface area contributed by atoms with Crippen LogP contribution in [-0.2, 0) is 11.2 Å². The highest BCUT2D eigenvalue weighted by Gasteiger charge is 2.07. The number of rotatable bonds is 6. The average Bonchev–Trinajstić information content (AvgIpc) is 2.56. The zero-order chi connectivity index (χ0) is 16.7. The van der Waals surface area contributed by atoms with Gasteiger partial charge >= 0.3 is 5.97 Å². The van der Waals surface area contributed by atoms with Crippen molar-refractivity contribution in [3.63, 3.8) is 0 Å². The topological polar surface area (TPSA) is 87.1 Å². The number of carbonyl (C=O) groups is 1. The van der Waals surface area contributed by atoms with E-state index in [1.54, 1.807) is 30.3 Å². The van der Waals surface area contributed by atoms with Gasteiger partial charge in [-0.05, 0) is 60.7 Å². The molecule has 0 atom stereocenters. The minimum Gasteiger partial charge on any atom is -0.478 e. The summed E-state index contributed by atoms with van der Waals surface area (Å²) in [5.41, 5.74) is 9.22. The third kappa shape index (κ3) is 5.01. The summed E-state index contributed by atoms with van der Waals surface area (Å²) in [6.07, 6.45) is 3.70. The number of hydrogen-bond donors (Lipinski definition) is 2. The molecule has 0 saturated carbocycles. The van der Waals surface area contributed by atoms with Gasteiger partial charge in [-0.2, -0.15) is 5.26 Å². The maximum atomic E-state index is 11.4. The van der Waals surface area contributed by atoms with Gasteiger partial charge in [0, 0.05) is 11.3 Å². The number of carboxylic acids is 1. The van der Waals surface area contributed by atoms with E-state index in [9.17, 15) is 9.90 Å². The summed E-state index contributed by atoms with van der Waals surface area (Å²) in [6, 6.07) is 16.5. The molecule has 0 aliphatic rings. The van der Waals surface area contributed by atoms with E-state index in [2.05, 4.69) is 0 Å². The summed E-state index contributed by atoms with van der Waals surface area (Å²) < 4.78 is 0. The molecule has 0 aromatic heterocycles. The number of anilines is 1. The first-order valence-electron chi connectivity index (χ1n) is 7.37. The Bertz CT molecular complexity index is 738. The van der Waals surface area contributed by atoms with Crippen LogP contribution < -0.4 is 5.73 Å². The number of nitriles is 1. The van der Waals surface area contributed by atoms with Crippen molar-refractivity contribution in [2.75, 3.05) is 5.73 Å². The molecule has 0 aliphatic carbocycles. The van der Waals surface area contributed by atoms with Gasteiger partial charge in [-0.25, -0.2) is 4.79 Å². The number of nitrogens with two attached hydrogens (primary N) is 1. The Labute approximate surface area is 135 Å². The molecule has 0 saturated heterocycles. The second-order valence-electron chi connectivity index (χ2n) is 5.30. The zero-order valence-corrected chi connectivity index (χ0v) is 12.7. The molecule has 4 nitrogen and oxygen atoms in total. The van der Waals surface area contributed by atoms with Crippen LogP contribution in [0.4, 0.5) is 5.69 Å². The van der Waals surface area contributed by atoms with Gasteiger partial charge in [0.1, 0.15) is 0 Å². The van der Waals surface area contributed by atoms with Gasteiger partial charge in [0.25, 0.3) is 0 Å². The molecule has 3 N–H and O–H groups in total. The fourth-order valence-electron chi connectivity index (χ4n) is 2.26. The molecular weight excluding hydrogens is 288 g/mol. The summed E-state index contributed by atoms with van der Waals surface area (Å²) in [5.74, 6) is -0.910. The van der Waals surface area contributed by atoms with Crippen molar-refractivity contribution in [2.45, 2.75) is 19.3 Å². The SMILES string of the molecule is N#Cc1ccc(C=C(CCCc2ccc(N)cc2)C(=O)O)cc1. The van der Waals surface area contributed by atoms with Crippen LogP contribution in [0.15, 0.2) is 54.1 Å². The smallest absolute Gasteiger partial charge is 0.331 e. The van der Waals surface area contributed by atoms with Crippen LogP contribution in [-0.4, -0.2) is 11.1 Å². The Morgan fingerprint density at radius 1 is 1.13 bits per heavy atom.